The molecule has 4 heteroatoms. The molecule has 0 aliphatic heterocycles. The Kier molecular flexibility index (Phi) is 4.55. The number of carboxylic acids is 1. The van der Waals surface area contributed by atoms with Crippen molar-refractivity contribution in [2.24, 2.45) is 0 Å². The maximum Gasteiger partial charge on any atom is 0.339 e. The molecule has 1 aromatic heterocycles. The molecular formula is C12H19NO3. The summed E-state index contributed by atoms with van der Waals surface area (Å²) in [7, 11) is 0. The molecule has 0 spiro atoms. The quantitative estimate of drug-likeness (QED) is 0.808. The summed E-state index contributed by atoms with van der Waals surface area (Å²) in [4.78, 5) is 13.1. The number of hydrogen-bond acceptors (Lipinski definition) is 3. The maximum absolute atomic E-state index is 10.9. The molecule has 0 saturated heterocycles. The summed E-state index contributed by atoms with van der Waals surface area (Å²) in [6, 6.07) is 1.93. The topological polar surface area (TPSA) is 53.7 Å². The van der Waals surface area contributed by atoms with E-state index in [9.17, 15) is 4.79 Å². The molecule has 4 nitrogen and oxygen atoms in total. The predicted octanol–water partition coefficient (Wildman–Crippen LogP) is 2.60. The van der Waals surface area contributed by atoms with E-state index in [1.165, 1.54) is 12.3 Å². The van der Waals surface area contributed by atoms with Crippen LogP contribution in [0.2, 0.25) is 0 Å². The molecule has 90 valence electrons. The summed E-state index contributed by atoms with van der Waals surface area (Å²) in [6.07, 6.45) is 2.47. The largest absolute Gasteiger partial charge is 0.478 e. The van der Waals surface area contributed by atoms with Crippen molar-refractivity contribution in [1.82, 2.24) is 4.90 Å². The van der Waals surface area contributed by atoms with Gasteiger partial charge in [0.25, 0.3) is 0 Å². The minimum atomic E-state index is -0.927. The van der Waals surface area contributed by atoms with Gasteiger partial charge in [-0.05, 0) is 26.0 Å². The van der Waals surface area contributed by atoms with Crippen molar-refractivity contribution < 1.29 is 14.3 Å². The van der Waals surface area contributed by atoms with E-state index in [0.717, 1.165) is 13.0 Å². The van der Waals surface area contributed by atoms with Gasteiger partial charge in [0.2, 0.25) is 0 Å². The molecule has 0 amide bonds. The van der Waals surface area contributed by atoms with Crippen LogP contribution < -0.4 is 0 Å². The van der Waals surface area contributed by atoms with Gasteiger partial charge in [-0.25, -0.2) is 4.79 Å². The van der Waals surface area contributed by atoms with Gasteiger partial charge >= 0.3 is 5.97 Å². The fourth-order valence-electron chi connectivity index (χ4n) is 1.68. The van der Waals surface area contributed by atoms with E-state index in [-0.39, 0.29) is 5.56 Å². The monoisotopic (exact) mass is 225 g/mol. The Balaban J connectivity index is 2.77. The third-order valence-electron chi connectivity index (χ3n) is 2.94. The lowest BCUT2D eigenvalue weighted by Gasteiger charge is -2.25. The van der Waals surface area contributed by atoms with Crippen molar-refractivity contribution in [1.29, 1.82) is 0 Å². The number of nitrogens with zero attached hydrogens (tertiary/aromatic N) is 1. The van der Waals surface area contributed by atoms with Gasteiger partial charge in [0.1, 0.15) is 11.3 Å². The van der Waals surface area contributed by atoms with Gasteiger partial charge in [-0.2, -0.15) is 0 Å². The average Bonchev–Trinajstić information content (AvgIpc) is 2.72. The van der Waals surface area contributed by atoms with Gasteiger partial charge in [-0.3, -0.25) is 4.90 Å². The number of carbonyl (C=O) groups is 1. The highest BCUT2D eigenvalue weighted by Crippen LogP contribution is 2.15. The smallest absolute Gasteiger partial charge is 0.339 e. The van der Waals surface area contributed by atoms with Crippen LogP contribution in [0.3, 0.4) is 0 Å². The second-order valence-electron chi connectivity index (χ2n) is 3.88. The van der Waals surface area contributed by atoms with Crippen molar-refractivity contribution in [2.45, 2.75) is 39.8 Å². The van der Waals surface area contributed by atoms with Crippen LogP contribution in [0.5, 0.6) is 0 Å². The molecule has 0 saturated carbocycles. The lowest BCUT2D eigenvalue weighted by molar-refractivity contribution is 0.0691. The van der Waals surface area contributed by atoms with E-state index in [1.54, 1.807) is 0 Å². The van der Waals surface area contributed by atoms with Gasteiger partial charge in [-0.15, -0.1) is 0 Å². The van der Waals surface area contributed by atoms with Crippen LogP contribution in [0, 0.1) is 0 Å². The summed E-state index contributed by atoms with van der Waals surface area (Å²) in [6.45, 7) is 7.75. The Morgan fingerprint density at radius 1 is 1.56 bits per heavy atom. The van der Waals surface area contributed by atoms with Gasteiger partial charge in [0.05, 0.1) is 12.8 Å². The van der Waals surface area contributed by atoms with Crippen LogP contribution in [-0.4, -0.2) is 28.6 Å². The van der Waals surface area contributed by atoms with E-state index in [2.05, 4.69) is 25.7 Å². The van der Waals surface area contributed by atoms with Crippen molar-refractivity contribution >= 4 is 5.97 Å². The van der Waals surface area contributed by atoms with Crippen LogP contribution in [0.15, 0.2) is 16.7 Å². The molecule has 0 aromatic carbocycles. The van der Waals surface area contributed by atoms with Crippen molar-refractivity contribution in [3.8, 4) is 0 Å². The fourth-order valence-corrected chi connectivity index (χ4v) is 1.68. The first-order valence-electron chi connectivity index (χ1n) is 5.63. The predicted molar refractivity (Wildman–Crippen MR) is 61.5 cm³/mol. The zero-order valence-electron chi connectivity index (χ0n) is 10.1. The van der Waals surface area contributed by atoms with Crippen LogP contribution in [0.4, 0.5) is 0 Å². The molecule has 1 heterocycles. The number of carboxylic acid groups (broad SMARTS) is 1. The normalized spacial score (nSPS) is 13.0. The molecule has 1 aromatic rings. The standard InChI is InChI=1S/C12H19NO3/c1-4-9(3)13(5-2)8-11-10(12(14)15)6-7-16-11/h6-7,9H,4-5,8H2,1-3H3,(H,14,15). The summed E-state index contributed by atoms with van der Waals surface area (Å²) in [5.74, 6) is -0.390. The van der Waals surface area contributed by atoms with E-state index in [1.807, 2.05) is 0 Å². The molecule has 0 radical (unpaired) electrons. The molecule has 0 fully saturated rings. The minimum Gasteiger partial charge on any atom is -0.478 e. The first-order valence-corrected chi connectivity index (χ1v) is 5.63. The number of hydrogen-bond donors (Lipinski definition) is 1. The fraction of sp³-hybridized carbons (Fsp3) is 0.583. The SMILES string of the molecule is CCC(C)N(CC)Cc1occc1C(=O)O. The van der Waals surface area contributed by atoms with Crippen molar-refractivity contribution in [3.05, 3.63) is 23.7 Å². The highest BCUT2D eigenvalue weighted by atomic mass is 16.4. The Morgan fingerprint density at radius 3 is 2.75 bits per heavy atom. The maximum atomic E-state index is 10.9. The Hall–Kier alpha value is -1.29. The summed E-state index contributed by atoms with van der Waals surface area (Å²) < 4.78 is 5.23. The number of aromatic carboxylic acids is 1. The lowest BCUT2D eigenvalue weighted by Crippen LogP contribution is -2.32. The van der Waals surface area contributed by atoms with Gasteiger partial charge < -0.3 is 9.52 Å². The highest BCUT2D eigenvalue weighted by Gasteiger charge is 2.18. The molecule has 16 heavy (non-hydrogen) atoms. The third-order valence-corrected chi connectivity index (χ3v) is 2.94. The molecule has 0 aliphatic rings. The second kappa shape index (κ2) is 5.70. The Bertz CT molecular complexity index is 346. The molecule has 1 N–H and O–H groups in total. The first-order chi connectivity index (χ1) is 7.60. The number of furan rings is 1. The number of rotatable bonds is 6. The molecule has 1 unspecified atom stereocenters. The Labute approximate surface area is 95.9 Å². The van der Waals surface area contributed by atoms with Crippen LogP contribution in [-0.2, 0) is 6.54 Å². The zero-order chi connectivity index (χ0) is 12.1. The minimum absolute atomic E-state index is 0.266. The van der Waals surface area contributed by atoms with E-state index in [0.29, 0.717) is 18.3 Å². The van der Waals surface area contributed by atoms with Gasteiger partial charge in [-0.1, -0.05) is 13.8 Å². The lowest BCUT2D eigenvalue weighted by atomic mass is 10.2. The van der Waals surface area contributed by atoms with E-state index in [4.69, 9.17) is 9.52 Å². The van der Waals surface area contributed by atoms with Gasteiger partial charge in [0, 0.05) is 6.04 Å². The van der Waals surface area contributed by atoms with E-state index >= 15 is 0 Å². The first kappa shape index (κ1) is 12.8. The molecule has 0 aliphatic carbocycles. The van der Waals surface area contributed by atoms with Crippen molar-refractivity contribution in [2.75, 3.05) is 6.54 Å². The zero-order valence-corrected chi connectivity index (χ0v) is 10.1. The van der Waals surface area contributed by atoms with Crippen LogP contribution >= 0.6 is 0 Å². The highest BCUT2D eigenvalue weighted by molar-refractivity contribution is 5.88. The van der Waals surface area contributed by atoms with E-state index < -0.39 is 5.97 Å². The average molecular weight is 225 g/mol. The molecule has 1 atom stereocenters. The van der Waals surface area contributed by atoms with Crippen LogP contribution in [0.25, 0.3) is 0 Å². The Morgan fingerprint density at radius 2 is 2.25 bits per heavy atom. The van der Waals surface area contributed by atoms with Crippen LogP contribution in [0.1, 0.15) is 43.3 Å². The third kappa shape index (κ3) is 2.85. The van der Waals surface area contributed by atoms with Crippen molar-refractivity contribution in [3.63, 3.8) is 0 Å². The summed E-state index contributed by atoms with van der Waals surface area (Å²) >= 11 is 0. The molecule has 0 bridgehead atoms. The summed E-state index contributed by atoms with van der Waals surface area (Å²) in [5.41, 5.74) is 0.266. The molecule has 1 rings (SSSR count). The summed E-state index contributed by atoms with van der Waals surface area (Å²) in [5, 5.41) is 8.96. The second-order valence-corrected chi connectivity index (χ2v) is 3.88. The molecular weight excluding hydrogens is 206 g/mol. The van der Waals surface area contributed by atoms with Gasteiger partial charge in [0.15, 0.2) is 0 Å².